The van der Waals surface area contributed by atoms with Gasteiger partial charge >= 0.3 is 0 Å². The van der Waals surface area contributed by atoms with Crippen LogP contribution in [0.15, 0.2) is 36.7 Å². The highest BCUT2D eigenvalue weighted by atomic mass is 16.3. The number of carbonyl (C=O) groups excluding carboxylic acids is 1. The molecule has 0 fully saturated rings. The second-order valence-corrected chi connectivity index (χ2v) is 7.93. The van der Waals surface area contributed by atoms with Gasteiger partial charge in [0.05, 0.1) is 5.69 Å². The fourth-order valence-electron chi connectivity index (χ4n) is 3.64. The molecule has 172 valence electrons. The van der Waals surface area contributed by atoms with Crippen molar-refractivity contribution in [1.29, 1.82) is 0 Å². The SMILES string of the molecule is CCN(C)C(=O)[C@H](O)C#Cc1cccc(-c2ncc3c(-c4c(C)n[nH]c4C)cnc(N)c3n2)c1. The number of aromatic nitrogens is 5. The molecule has 0 unspecified atom stereocenters. The molecular formula is C25H25N7O2. The van der Waals surface area contributed by atoms with Gasteiger partial charge in [-0.15, -0.1) is 0 Å². The molecule has 1 aromatic carbocycles. The predicted molar refractivity (Wildman–Crippen MR) is 130 cm³/mol. The fraction of sp³-hybridized carbons (Fsp3) is 0.240. The van der Waals surface area contributed by atoms with E-state index in [-0.39, 0.29) is 0 Å². The molecule has 0 aliphatic carbocycles. The summed E-state index contributed by atoms with van der Waals surface area (Å²) in [7, 11) is 1.62. The number of aliphatic hydroxyl groups excluding tert-OH is 1. The number of rotatable bonds is 4. The smallest absolute Gasteiger partial charge is 0.263 e. The van der Waals surface area contributed by atoms with Gasteiger partial charge in [0, 0.05) is 59.3 Å². The summed E-state index contributed by atoms with van der Waals surface area (Å²) in [4.78, 5) is 27.0. The standard InChI is InChI=1S/C25H25N7O2/c1-5-32(4)25(34)20(33)10-9-16-7-6-8-17(11-16)24-28-13-19-18(12-27-23(26)22(19)29-24)21-14(2)30-31-15(21)3/h6-8,11-13,20,33H,5H2,1-4H3,(H2,26,27)(H,30,31)/t20-/m1/s1. The number of carbonyl (C=O) groups is 1. The van der Waals surface area contributed by atoms with Crippen molar-refractivity contribution in [3.63, 3.8) is 0 Å². The Balaban J connectivity index is 1.71. The van der Waals surface area contributed by atoms with Crippen molar-refractivity contribution in [1.82, 2.24) is 30.0 Å². The Morgan fingerprint density at radius 3 is 2.76 bits per heavy atom. The van der Waals surface area contributed by atoms with E-state index in [0.29, 0.717) is 29.3 Å². The van der Waals surface area contributed by atoms with Crippen molar-refractivity contribution >= 4 is 22.6 Å². The van der Waals surface area contributed by atoms with Crippen LogP contribution >= 0.6 is 0 Å². The topological polar surface area (TPSA) is 134 Å². The molecular weight excluding hydrogens is 430 g/mol. The summed E-state index contributed by atoms with van der Waals surface area (Å²) in [5.41, 5.74) is 11.6. The first kappa shape index (κ1) is 22.9. The van der Waals surface area contributed by atoms with Gasteiger partial charge in [0.25, 0.3) is 5.91 Å². The average Bonchev–Trinajstić information content (AvgIpc) is 3.19. The average molecular weight is 456 g/mol. The van der Waals surface area contributed by atoms with E-state index in [1.807, 2.05) is 32.9 Å². The van der Waals surface area contributed by atoms with E-state index in [1.54, 1.807) is 31.6 Å². The number of nitrogen functional groups attached to an aromatic ring is 1. The van der Waals surface area contributed by atoms with Crippen LogP contribution in [-0.2, 0) is 4.79 Å². The third-order valence-electron chi connectivity index (χ3n) is 5.61. The first-order chi connectivity index (χ1) is 16.3. The maximum atomic E-state index is 12.0. The van der Waals surface area contributed by atoms with Crippen molar-refractivity contribution in [2.24, 2.45) is 0 Å². The number of likely N-dealkylation sites (N-methyl/N-ethyl adjacent to an activating group) is 1. The number of aryl methyl sites for hydroxylation is 2. The minimum absolute atomic E-state index is 0.304. The Labute approximate surface area is 197 Å². The number of amides is 1. The van der Waals surface area contributed by atoms with Crippen LogP contribution in [0.3, 0.4) is 0 Å². The van der Waals surface area contributed by atoms with Crippen LogP contribution in [0.1, 0.15) is 23.9 Å². The van der Waals surface area contributed by atoms with Crippen molar-refractivity contribution < 1.29 is 9.90 Å². The largest absolute Gasteiger partial charge is 0.382 e. The third kappa shape index (κ3) is 4.31. The van der Waals surface area contributed by atoms with Crippen molar-refractivity contribution in [3.05, 3.63) is 53.6 Å². The lowest BCUT2D eigenvalue weighted by molar-refractivity contribution is -0.135. The first-order valence-corrected chi connectivity index (χ1v) is 10.8. The van der Waals surface area contributed by atoms with Crippen LogP contribution in [0.25, 0.3) is 33.4 Å². The highest BCUT2D eigenvalue weighted by molar-refractivity contribution is 5.99. The number of fused-ring (bicyclic) bond motifs is 1. The van der Waals surface area contributed by atoms with Crippen molar-refractivity contribution in [2.45, 2.75) is 26.9 Å². The predicted octanol–water partition coefficient (Wildman–Crippen LogP) is 2.47. The number of hydrogen-bond donors (Lipinski definition) is 3. The monoisotopic (exact) mass is 455 g/mol. The van der Waals surface area contributed by atoms with Gasteiger partial charge in [0.1, 0.15) is 11.3 Å². The molecule has 0 saturated carbocycles. The summed E-state index contributed by atoms with van der Waals surface area (Å²) < 4.78 is 0. The Hall–Kier alpha value is -4.29. The Kier molecular flexibility index (Phi) is 6.25. The molecule has 0 spiro atoms. The number of hydrogen-bond acceptors (Lipinski definition) is 7. The fourth-order valence-corrected chi connectivity index (χ4v) is 3.64. The van der Waals surface area contributed by atoms with Crippen LogP contribution < -0.4 is 5.73 Å². The number of anilines is 1. The number of H-pyrrole nitrogens is 1. The number of aliphatic hydroxyl groups is 1. The molecule has 4 aromatic rings. The first-order valence-electron chi connectivity index (χ1n) is 10.8. The molecule has 34 heavy (non-hydrogen) atoms. The van der Waals surface area contributed by atoms with Crippen molar-refractivity contribution in [2.75, 3.05) is 19.3 Å². The van der Waals surface area contributed by atoms with E-state index < -0.39 is 12.0 Å². The molecule has 0 bridgehead atoms. The molecule has 9 nitrogen and oxygen atoms in total. The zero-order valence-corrected chi connectivity index (χ0v) is 19.4. The maximum Gasteiger partial charge on any atom is 0.263 e. The summed E-state index contributed by atoms with van der Waals surface area (Å²) in [5.74, 6) is 5.78. The summed E-state index contributed by atoms with van der Waals surface area (Å²) in [6.07, 6.45) is 2.06. The normalized spacial score (nSPS) is 11.7. The van der Waals surface area contributed by atoms with Gasteiger partial charge in [-0.25, -0.2) is 15.0 Å². The molecule has 3 aromatic heterocycles. The van der Waals surface area contributed by atoms with E-state index in [2.05, 4.69) is 37.0 Å². The summed E-state index contributed by atoms with van der Waals surface area (Å²) >= 11 is 0. The Morgan fingerprint density at radius 2 is 2.06 bits per heavy atom. The highest BCUT2D eigenvalue weighted by Crippen LogP contribution is 2.33. The molecule has 0 radical (unpaired) electrons. The Morgan fingerprint density at radius 1 is 1.26 bits per heavy atom. The highest BCUT2D eigenvalue weighted by Gasteiger charge is 2.17. The molecule has 4 N–H and O–H groups in total. The Bertz CT molecular complexity index is 1430. The molecule has 1 amide bonds. The van der Waals surface area contributed by atoms with Gasteiger partial charge in [-0.05, 0) is 32.9 Å². The zero-order valence-electron chi connectivity index (χ0n) is 19.4. The lowest BCUT2D eigenvalue weighted by atomic mass is 10.0. The number of nitrogens with two attached hydrogens (primary N) is 1. The van der Waals surface area contributed by atoms with Crippen LogP contribution in [0.4, 0.5) is 5.82 Å². The van der Waals surface area contributed by atoms with Gasteiger partial charge in [-0.2, -0.15) is 5.10 Å². The number of aromatic amines is 1. The van der Waals surface area contributed by atoms with Crippen LogP contribution in [0.2, 0.25) is 0 Å². The minimum atomic E-state index is -1.38. The van der Waals surface area contributed by atoms with E-state index in [0.717, 1.165) is 33.5 Å². The van der Waals surface area contributed by atoms with E-state index >= 15 is 0 Å². The minimum Gasteiger partial charge on any atom is -0.382 e. The summed E-state index contributed by atoms with van der Waals surface area (Å²) in [5, 5.41) is 18.1. The second kappa shape index (κ2) is 9.29. The number of pyridine rings is 1. The quantitative estimate of drug-likeness (QED) is 0.403. The molecule has 0 aliphatic heterocycles. The van der Waals surface area contributed by atoms with Gasteiger partial charge in [-0.1, -0.05) is 24.0 Å². The molecule has 1 atom stereocenters. The number of nitrogens with zero attached hydrogens (tertiary/aromatic N) is 5. The number of nitrogens with one attached hydrogen (secondary N) is 1. The van der Waals surface area contributed by atoms with E-state index in [1.165, 1.54) is 4.90 Å². The third-order valence-corrected chi connectivity index (χ3v) is 5.61. The molecule has 4 rings (SSSR count). The molecule has 0 aliphatic rings. The van der Waals surface area contributed by atoms with Gasteiger partial charge in [0.2, 0.25) is 0 Å². The zero-order chi connectivity index (χ0) is 24.4. The van der Waals surface area contributed by atoms with Gasteiger partial charge in [0.15, 0.2) is 11.9 Å². The van der Waals surface area contributed by atoms with Crippen LogP contribution in [0, 0.1) is 25.7 Å². The van der Waals surface area contributed by atoms with E-state index in [9.17, 15) is 9.90 Å². The second-order valence-electron chi connectivity index (χ2n) is 7.93. The van der Waals surface area contributed by atoms with Crippen LogP contribution in [0.5, 0.6) is 0 Å². The lowest BCUT2D eigenvalue weighted by Gasteiger charge is -2.15. The molecule has 9 heteroatoms. The van der Waals surface area contributed by atoms with E-state index in [4.69, 9.17) is 5.73 Å². The summed E-state index contributed by atoms with van der Waals surface area (Å²) in [6.45, 7) is 6.19. The molecule has 0 saturated heterocycles. The lowest BCUT2D eigenvalue weighted by Crippen LogP contribution is -2.35. The molecule has 3 heterocycles. The number of benzene rings is 1. The maximum absolute atomic E-state index is 12.0. The van der Waals surface area contributed by atoms with Crippen molar-refractivity contribution in [3.8, 4) is 34.4 Å². The van der Waals surface area contributed by atoms with Gasteiger partial charge < -0.3 is 15.7 Å². The van der Waals surface area contributed by atoms with Crippen LogP contribution in [-0.4, -0.2) is 60.8 Å². The summed E-state index contributed by atoms with van der Waals surface area (Å²) in [6, 6.07) is 7.26. The van der Waals surface area contributed by atoms with Gasteiger partial charge in [-0.3, -0.25) is 9.89 Å².